The number of carbonyl (C=O) groups excluding carboxylic acids is 2. The molecule has 0 saturated carbocycles. The maximum Gasteiger partial charge on any atom is 0.258 e. The van der Waals surface area contributed by atoms with Gasteiger partial charge < -0.3 is 5.32 Å². The highest BCUT2D eigenvalue weighted by Gasteiger charge is 2.14. The first-order chi connectivity index (χ1) is 12.6. The largest absolute Gasteiger partial charge is 0.325 e. The summed E-state index contributed by atoms with van der Waals surface area (Å²) in [4.78, 5) is 29.2. The van der Waals surface area contributed by atoms with Crippen molar-refractivity contribution < 1.29 is 14.0 Å². The van der Waals surface area contributed by atoms with Crippen molar-refractivity contribution in [2.45, 2.75) is 4.90 Å². The molecule has 0 unspecified atom stereocenters. The van der Waals surface area contributed by atoms with E-state index in [0.717, 1.165) is 0 Å². The highest BCUT2D eigenvalue weighted by atomic mass is 32.2. The molecule has 0 aliphatic heterocycles. The lowest BCUT2D eigenvalue weighted by Gasteiger charge is -2.09. The summed E-state index contributed by atoms with van der Waals surface area (Å²) >= 11 is 2.59. The highest BCUT2D eigenvalue weighted by molar-refractivity contribution is 8.00. The summed E-state index contributed by atoms with van der Waals surface area (Å²) in [6.45, 7) is 0. The van der Waals surface area contributed by atoms with E-state index in [0.29, 0.717) is 21.3 Å². The van der Waals surface area contributed by atoms with E-state index in [1.165, 1.54) is 47.4 Å². The molecule has 26 heavy (non-hydrogen) atoms. The van der Waals surface area contributed by atoms with Gasteiger partial charge in [-0.3, -0.25) is 14.9 Å². The third kappa shape index (κ3) is 4.90. The van der Waals surface area contributed by atoms with Crippen molar-refractivity contribution >= 4 is 45.7 Å². The first-order valence-corrected chi connectivity index (χ1v) is 9.46. The average molecular weight is 387 g/mol. The Hall–Kier alpha value is -2.71. The number of nitrogens with zero attached hydrogens (tertiary/aromatic N) is 1. The minimum Gasteiger partial charge on any atom is -0.325 e. The van der Waals surface area contributed by atoms with E-state index in [9.17, 15) is 14.0 Å². The molecule has 0 saturated heterocycles. The quantitative estimate of drug-likeness (QED) is 0.620. The predicted octanol–water partition coefficient (Wildman–Crippen LogP) is 4.27. The Bertz CT molecular complexity index is 899. The number of amides is 2. The minimum absolute atomic E-state index is 0.124. The van der Waals surface area contributed by atoms with Gasteiger partial charge in [0.1, 0.15) is 5.82 Å². The van der Waals surface area contributed by atoms with Gasteiger partial charge in [0.05, 0.1) is 11.3 Å². The van der Waals surface area contributed by atoms with Crippen LogP contribution in [0.15, 0.2) is 65.0 Å². The van der Waals surface area contributed by atoms with Crippen molar-refractivity contribution in [1.29, 1.82) is 0 Å². The van der Waals surface area contributed by atoms with Crippen LogP contribution in [0.2, 0.25) is 0 Å². The molecule has 0 atom stereocenters. The summed E-state index contributed by atoms with van der Waals surface area (Å²) in [5, 5.41) is 7.71. The predicted molar refractivity (Wildman–Crippen MR) is 102 cm³/mol. The third-order valence-electron chi connectivity index (χ3n) is 3.27. The summed E-state index contributed by atoms with van der Waals surface area (Å²) in [5.74, 6) is -0.755. The number of thiazole rings is 1. The van der Waals surface area contributed by atoms with E-state index in [1.54, 1.807) is 35.8 Å². The Morgan fingerprint density at radius 3 is 2.58 bits per heavy atom. The maximum atomic E-state index is 12.9. The molecular weight excluding hydrogens is 373 g/mol. The first-order valence-electron chi connectivity index (χ1n) is 7.60. The Balaban J connectivity index is 1.61. The molecule has 1 heterocycles. The van der Waals surface area contributed by atoms with Gasteiger partial charge in [0.2, 0.25) is 5.91 Å². The third-order valence-corrected chi connectivity index (χ3v) is 5.03. The summed E-state index contributed by atoms with van der Waals surface area (Å²) in [5.41, 5.74) is 0.995. The Labute approximate surface area is 157 Å². The van der Waals surface area contributed by atoms with E-state index in [2.05, 4.69) is 15.6 Å². The van der Waals surface area contributed by atoms with E-state index in [4.69, 9.17) is 0 Å². The van der Waals surface area contributed by atoms with Crippen molar-refractivity contribution in [3.05, 3.63) is 71.5 Å². The maximum absolute atomic E-state index is 12.9. The lowest BCUT2D eigenvalue weighted by molar-refractivity contribution is -0.113. The highest BCUT2D eigenvalue weighted by Crippen LogP contribution is 2.24. The fraction of sp³-hybridized carbons (Fsp3) is 0.0556. The van der Waals surface area contributed by atoms with Gasteiger partial charge in [0, 0.05) is 22.2 Å². The topological polar surface area (TPSA) is 71.1 Å². The molecule has 5 nitrogen and oxygen atoms in total. The molecule has 0 fully saturated rings. The molecule has 0 aliphatic rings. The Morgan fingerprint density at radius 2 is 1.85 bits per heavy atom. The fourth-order valence-corrected chi connectivity index (χ4v) is 3.48. The van der Waals surface area contributed by atoms with Crippen LogP contribution >= 0.6 is 23.1 Å². The van der Waals surface area contributed by atoms with Gasteiger partial charge in [-0.25, -0.2) is 9.37 Å². The second-order valence-corrected chi connectivity index (χ2v) is 7.04. The van der Waals surface area contributed by atoms with Crippen LogP contribution in [0.25, 0.3) is 0 Å². The molecule has 0 spiro atoms. The summed E-state index contributed by atoms with van der Waals surface area (Å²) < 4.78 is 12.9. The van der Waals surface area contributed by atoms with Gasteiger partial charge in [-0.2, -0.15) is 0 Å². The Kier molecular flexibility index (Phi) is 5.98. The van der Waals surface area contributed by atoms with Gasteiger partial charge in [0.15, 0.2) is 5.13 Å². The van der Waals surface area contributed by atoms with Crippen molar-refractivity contribution in [2.75, 3.05) is 16.4 Å². The number of hydrogen-bond donors (Lipinski definition) is 2. The number of halogens is 1. The molecule has 8 heteroatoms. The van der Waals surface area contributed by atoms with Crippen LogP contribution in [0.3, 0.4) is 0 Å². The molecule has 0 aliphatic carbocycles. The minimum atomic E-state index is -0.363. The number of hydrogen-bond acceptors (Lipinski definition) is 5. The van der Waals surface area contributed by atoms with Crippen LogP contribution in [-0.2, 0) is 4.79 Å². The van der Waals surface area contributed by atoms with Crippen LogP contribution in [-0.4, -0.2) is 22.6 Å². The number of thioether (sulfide) groups is 1. The molecule has 3 rings (SSSR count). The van der Waals surface area contributed by atoms with Crippen molar-refractivity contribution in [1.82, 2.24) is 4.98 Å². The van der Waals surface area contributed by atoms with E-state index >= 15 is 0 Å². The molecule has 132 valence electrons. The normalized spacial score (nSPS) is 10.3. The smallest absolute Gasteiger partial charge is 0.258 e. The van der Waals surface area contributed by atoms with Gasteiger partial charge in [0.25, 0.3) is 5.91 Å². The molecule has 2 aromatic carbocycles. The standard InChI is InChI=1S/C18H14FN3O2S2/c19-12-5-7-13(8-6-12)21-16(23)11-26-15-4-2-1-3-14(15)17(24)22-18-20-9-10-25-18/h1-10H,11H2,(H,21,23)(H,20,22,24). The Morgan fingerprint density at radius 1 is 1.08 bits per heavy atom. The SMILES string of the molecule is O=C(CSc1ccccc1C(=O)Nc1nccs1)Nc1ccc(F)cc1. The fourth-order valence-electron chi connectivity index (χ4n) is 2.10. The summed E-state index contributed by atoms with van der Waals surface area (Å²) in [6.07, 6.45) is 1.61. The molecule has 2 amide bonds. The molecule has 1 aromatic heterocycles. The second kappa shape index (κ2) is 8.59. The summed E-state index contributed by atoms with van der Waals surface area (Å²) in [6, 6.07) is 12.6. The van der Waals surface area contributed by atoms with Gasteiger partial charge >= 0.3 is 0 Å². The van der Waals surface area contributed by atoms with E-state index in [-0.39, 0.29) is 23.4 Å². The molecule has 2 N–H and O–H groups in total. The zero-order chi connectivity index (χ0) is 18.4. The average Bonchev–Trinajstić information content (AvgIpc) is 3.15. The van der Waals surface area contributed by atoms with Crippen molar-refractivity contribution in [3.8, 4) is 0 Å². The zero-order valence-corrected chi connectivity index (χ0v) is 15.1. The van der Waals surface area contributed by atoms with Crippen LogP contribution in [0.5, 0.6) is 0 Å². The number of anilines is 2. The lowest BCUT2D eigenvalue weighted by Crippen LogP contribution is -2.15. The number of nitrogens with one attached hydrogen (secondary N) is 2. The monoisotopic (exact) mass is 387 g/mol. The first kappa shape index (κ1) is 18.1. The summed E-state index contributed by atoms with van der Waals surface area (Å²) in [7, 11) is 0. The van der Waals surface area contributed by atoms with Gasteiger partial charge in [-0.05, 0) is 36.4 Å². The molecule has 0 bridgehead atoms. The lowest BCUT2D eigenvalue weighted by atomic mass is 10.2. The van der Waals surface area contributed by atoms with E-state index < -0.39 is 0 Å². The van der Waals surface area contributed by atoms with Gasteiger partial charge in [-0.15, -0.1) is 23.1 Å². The van der Waals surface area contributed by atoms with Crippen LogP contribution in [0.1, 0.15) is 10.4 Å². The number of benzene rings is 2. The zero-order valence-electron chi connectivity index (χ0n) is 13.4. The van der Waals surface area contributed by atoms with Crippen molar-refractivity contribution in [2.24, 2.45) is 0 Å². The van der Waals surface area contributed by atoms with Crippen molar-refractivity contribution in [3.63, 3.8) is 0 Å². The molecule has 3 aromatic rings. The second-order valence-electron chi connectivity index (χ2n) is 5.13. The van der Waals surface area contributed by atoms with Crippen LogP contribution < -0.4 is 10.6 Å². The number of aromatic nitrogens is 1. The van der Waals surface area contributed by atoms with E-state index in [1.807, 2.05) is 0 Å². The molecule has 0 radical (unpaired) electrons. The van der Waals surface area contributed by atoms with Gasteiger partial charge in [-0.1, -0.05) is 12.1 Å². The number of rotatable bonds is 6. The number of carbonyl (C=O) groups is 2. The van der Waals surface area contributed by atoms with Crippen LogP contribution in [0, 0.1) is 5.82 Å². The van der Waals surface area contributed by atoms with Crippen LogP contribution in [0.4, 0.5) is 15.2 Å². The molecular formula is C18H14FN3O2S2.